The summed E-state index contributed by atoms with van der Waals surface area (Å²) in [7, 11) is 0. The number of carbonyl (C=O) groups excluding carboxylic acids is 2. The Morgan fingerprint density at radius 1 is 1.33 bits per heavy atom. The SMILES string of the molecule is CC(C)(C)OC(=O)N1C[C@H](F)C[C@H]1C(=O)Nc1cc(C(=O)O)cc(Br)c1F. The number of carboxylic acids is 1. The van der Waals surface area contributed by atoms with Crippen molar-refractivity contribution in [1.82, 2.24) is 4.90 Å². The Kier molecular flexibility index (Phi) is 6.08. The summed E-state index contributed by atoms with van der Waals surface area (Å²) in [6.07, 6.45) is -2.56. The van der Waals surface area contributed by atoms with Gasteiger partial charge in [-0.1, -0.05) is 0 Å². The molecule has 1 aliphatic rings. The number of anilines is 1. The van der Waals surface area contributed by atoms with Gasteiger partial charge in [-0.25, -0.2) is 18.4 Å². The van der Waals surface area contributed by atoms with Crippen molar-refractivity contribution in [2.24, 2.45) is 0 Å². The Balaban J connectivity index is 2.23. The number of benzene rings is 1. The number of hydrogen-bond acceptors (Lipinski definition) is 4. The molecular formula is C17H19BrF2N2O5. The fourth-order valence-electron chi connectivity index (χ4n) is 2.58. The van der Waals surface area contributed by atoms with Crippen molar-refractivity contribution in [3.63, 3.8) is 0 Å². The largest absolute Gasteiger partial charge is 0.478 e. The van der Waals surface area contributed by atoms with Gasteiger partial charge in [0.2, 0.25) is 5.91 Å². The molecule has 1 heterocycles. The third-order valence-electron chi connectivity index (χ3n) is 3.71. The molecule has 0 radical (unpaired) electrons. The Labute approximate surface area is 162 Å². The van der Waals surface area contributed by atoms with Gasteiger partial charge in [0.05, 0.1) is 22.3 Å². The van der Waals surface area contributed by atoms with E-state index in [0.29, 0.717) is 0 Å². The van der Waals surface area contributed by atoms with E-state index in [0.717, 1.165) is 17.0 Å². The number of likely N-dealkylation sites (tertiary alicyclic amines) is 1. The van der Waals surface area contributed by atoms with Crippen molar-refractivity contribution in [1.29, 1.82) is 0 Å². The lowest BCUT2D eigenvalue weighted by Crippen LogP contribution is -2.45. The zero-order chi connectivity index (χ0) is 20.5. The zero-order valence-electron chi connectivity index (χ0n) is 14.9. The lowest BCUT2D eigenvalue weighted by Gasteiger charge is -2.27. The van der Waals surface area contributed by atoms with E-state index in [-0.39, 0.29) is 23.0 Å². The molecule has 2 N–H and O–H groups in total. The molecule has 1 aliphatic heterocycles. The molecule has 10 heteroatoms. The first-order chi connectivity index (χ1) is 12.4. The van der Waals surface area contributed by atoms with Crippen LogP contribution in [0.3, 0.4) is 0 Å². The van der Waals surface area contributed by atoms with Crippen LogP contribution in [-0.2, 0) is 9.53 Å². The number of carboxylic acid groups (broad SMARTS) is 1. The van der Waals surface area contributed by atoms with E-state index in [2.05, 4.69) is 21.2 Å². The van der Waals surface area contributed by atoms with E-state index in [1.165, 1.54) is 0 Å². The lowest BCUT2D eigenvalue weighted by atomic mass is 10.1. The monoisotopic (exact) mass is 448 g/mol. The molecule has 148 valence electrons. The van der Waals surface area contributed by atoms with Crippen LogP contribution < -0.4 is 5.32 Å². The summed E-state index contributed by atoms with van der Waals surface area (Å²) < 4.78 is 33.1. The number of rotatable bonds is 3. The van der Waals surface area contributed by atoms with E-state index >= 15 is 0 Å². The third kappa shape index (κ3) is 5.15. The van der Waals surface area contributed by atoms with Gasteiger partial charge in [-0.05, 0) is 48.8 Å². The summed E-state index contributed by atoms with van der Waals surface area (Å²) >= 11 is 2.88. The van der Waals surface area contributed by atoms with E-state index in [4.69, 9.17) is 9.84 Å². The fourth-order valence-corrected chi connectivity index (χ4v) is 3.04. The van der Waals surface area contributed by atoms with Gasteiger partial charge in [-0.2, -0.15) is 0 Å². The van der Waals surface area contributed by atoms with E-state index in [9.17, 15) is 23.2 Å². The van der Waals surface area contributed by atoms with Gasteiger partial charge in [0.15, 0.2) is 5.82 Å². The second kappa shape index (κ2) is 7.79. The first kappa shape index (κ1) is 21.1. The average Bonchev–Trinajstić information content (AvgIpc) is 2.92. The summed E-state index contributed by atoms with van der Waals surface area (Å²) in [6.45, 7) is 4.57. The van der Waals surface area contributed by atoms with Crippen LogP contribution in [0.2, 0.25) is 0 Å². The molecule has 1 aromatic rings. The van der Waals surface area contributed by atoms with Gasteiger partial charge in [0.25, 0.3) is 0 Å². The molecule has 1 fully saturated rings. The average molecular weight is 449 g/mol. The van der Waals surface area contributed by atoms with Crippen molar-refractivity contribution in [3.05, 3.63) is 28.0 Å². The number of amides is 2. The van der Waals surface area contributed by atoms with Gasteiger partial charge in [0.1, 0.15) is 17.8 Å². The van der Waals surface area contributed by atoms with Gasteiger partial charge in [0, 0.05) is 6.42 Å². The molecule has 0 spiro atoms. The topological polar surface area (TPSA) is 95.9 Å². The van der Waals surface area contributed by atoms with Crippen LogP contribution in [0.5, 0.6) is 0 Å². The van der Waals surface area contributed by atoms with Crippen LogP contribution in [0.25, 0.3) is 0 Å². The first-order valence-corrected chi connectivity index (χ1v) is 8.85. The molecule has 0 aliphatic carbocycles. The second-order valence-corrected chi connectivity index (χ2v) is 7.95. The normalized spacial score (nSPS) is 19.7. The van der Waals surface area contributed by atoms with Crippen molar-refractivity contribution in [2.75, 3.05) is 11.9 Å². The number of halogens is 3. The molecule has 2 rings (SSSR count). The van der Waals surface area contributed by atoms with Crippen LogP contribution in [0.4, 0.5) is 19.3 Å². The van der Waals surface area contributed by atoms with Crippen LogP contribution in [-0.4, -0.2) is 52.3 Å². The molecule has 0 unspecified atom stereocenters. The highest BCUT2D eigenvalue weighted by molar-refractivity contribution is 9.10. The lowest BCUT2D eigenvalue weighted by molar-refractivity contribution is -0.120. The van der Waals surface area contributed by atoms with E-state index < -0.39 is 47.3 Å². The molecule has 2 amide bonds. The molecule has 7 nitrogen and oxygen atoms in total. The third-order valence-corrected chi connectivity index (χ3v) is 4.29. The molecular weight excluding hydrogens is 430 g/mol. The summed E-state index contributed by atoms with van der Waals surface area (Å²) in [5.74, 6) is -3.03. The smallest absolute Gasteiger partial charge is 0.411 e. The molecule has 0 bridgehead atoms. The predicted octanol–water partition coefficient (Wildman–Crippen LogP) is 3.57. The summed E-state index contributed by atoms with van der Waals surface area (Å²) in [6, 6.07) is 0.787. The minimum Gasteiger partial charge on any atom is -0.478 e. The molecule has 2 atom stereocenters. The number of ether oxygens (including phenoxy) is 1. The summed E-state index contributed by atoms with van der Waals surface area (Å²) in [4.78, 5) is 36.8. The highest BCUT2D eigenvalue weighted by Crippen LogP contribution is 2.28. The number of nitrogens with one attached hydrogen (secondary N) is 1. The Morgan fingerprint density at radius 2 is 1.96 bits per heavy atom. The number of alkyl halides is 1. The molecule has 27 heavy (non-hydrogen) atoms. The van der Waals surface area contributed by atoms with Crippen LogP contribution in [0.1, 0.15) is 37.6 Å². The van der Waals surface area contributed by atoms with Gasteiger partial charge in [-0.3, -0.25) is 9.69 Å². The highest BCUT2D eigenvalue weighted by atomic mass is 79.9. The van der Waals surface area contributed by atoms with Gasteiger partial charge in [-0.15, -0.1) is 0 Å². The summed E-state index contributed by atoms with van der Waals surface area (Å²) in [5.41, 5.74) is -1.48. The van der Waals surface area contributed by atoms with Crippen molar-refractivity contribution in [3.8, 4) is 0 Å². The maximum Gasteiger partial charge on any atom is 0.411 e. The Bertz CT molecular complexity index is 781. The summed E-state index contributed by atoms with van der Waals surface area (Å²) in [5, 5.41) is 11.3. The standard InChI is InChI=1S/C17H19BrF2N2O5/c1-17(2,3)27-16(26)22-7-9(19)6-12(22)14(23)21-11-5-8(15(24)25)4-10(18)13(11)20/h4-5,9,12H,6-7H2,1-3H3,(H,21,23)(H,24,25)/t9-,12+/m1/s1. The predicted molar refractivity (Wildman–Crippen MR) is 95.9 cm³/mol. The maximum absolute atomic E-state index is 14.2. The molecule has 1 saturated heterocycles. The number of aromatic carboxylic acids is 1. The van der Waals surface area contributed by atoms with Gasteiger partial charge >= 0.3 is 12.1 Å². The second-order valence-electron chi connectivity index (χ2n) is 7.10. The first-order valence-electron chi connectivity index (χ1n) is 8.06. The van der Waals surface area contributed by atoms with Crippen LogP contribution >= 0.6 is 15.9 Å². The number of hydrogen-bond donors (Lipinski definition) is 2. The van der Waals surface area contributed by atoms with Crippen molar-refractivity contribution in [2.45, 2.75) is 45.0 Å². The minimum atomic E-state index is -1.43. The van der Waals surface area contributed by atoms with Crippen molar-refractivity contribution < 1.29 is 33.0 Å². The zero-order valence-corrected chi connectivity index (χ0v) is 16.5. The quantitative estimate of drug-likeness (QED) is 0.736. The van der Waals surface area contributed by atoms with Gasteiger partial charge < -0.3 is 15.2 Å². The van der Waals surface area contributed by atoms with Crippen molar-refractivity contribution >= 4 is 39.6 Å². The molecule has 0 aromatic heterocycles. The fraction of sp³-hybridized carbons (Fsp3) is 0.471. The molecule has 0 saturated carbocycles. The number of nitrogens with zero attached hydrogens (tertiary/aromatic N) is 1. The Hall–Kier alpha value is -2.23. The van der Waals surface area contributed by atoms with Crippen LogP contribution in [0, 0.1) is 5.82 Å². The molecule has 1 aromatic carbocycles. The minimum absolute atomic E-state index is 0.156. The van der Waals surface area contributed by atoms with E-state index in [1.54, 1.807) is 20.8 Å². The highest BCUT2D eigenvalue weighted by Gasteiger charge is 2.42. The van der Waals surface area contributed by atoms with E-state index in [1.807, 2.05) is 0 Å². The number of carbonyl (C=O) groups is 3. The Morgan fingerprint density at radius 3 is 2.52 bits per heavy atom. The van der Waals surface area contributed by atoms with Crippen LogP contribution in [0.15, 0.2) is 16.6 Å². The maximum atomic E-state index is 14.2.